The van der Waals surface area contributed by atoms with E-state index in [2.05, 4.69) is 31.7 Å². The smallest absolute Gasteiger partial charge is 0.119 e. The Balaban J connectivity index is 1.78. The Morgan fingerprint density at radius 1 is 1.22 bits per heavy atom. The monoisotopic (exact) mass is 242 g/mol. The second-order valence-electron chi connectivity index (χ2n) is 5.73. The largest absolute Gasteiger partial charge is 0.494 e. The molecule has 1 unspecified atom stereocenters. The molecule has 1 nitrogen and oxygen atoms in total. The van der Waals surface area contributed by atoms with Crippen molar-refractivity contribution >= 4 is 0 Å². The van der Waals surface area contributed by atoms with Gasteiger partial charge in [-0.25, -0.2) is 0 Å². The molecule has 0 aromatic heterocycles. The van der Waals surface area contributed by atoms with Gasteiger partial charge in [-0.3, -0.25) is 0 Å². The first-order chi connectivity index (χ1) is 8.78. The first kappa shape index (κ1) is 11.8. The maximum absolute atomic E-state index is 5.89. The van der Waals surface area contributed by atoms with Crippen molar-refractivity contribution in [2.45, 2.75) is 50.9 Å². The molecule has 1 aromatic carbocycles. The number of ether oxygens (including phenoxy) is 1. The molecule has 1 heteroatoms. The summed E-state index contributed by atoms with van der Waals surface area (Å²) in [6.07, 6.45) is 6.20. The van der Waals surface area contributed by atoms with E-state index in [0.29, 0.717) is 5.92 Å². The molecular formula is C17H22O. The van der Waals surface area contributed by atoms with Gasteiger partial charge in [-0.2, -0.15) is 0 Å². The van der Waals surface area contributed by atoms with Gasteiger partial charge in [-0.1, -0.05) is 31.6 Å². The Kier molecular flexibility index (Phi) is 3.15. The lowest BCUT2D eigenvalue weighted by molar-refractivity contribution is 0.309. The zero-order valence-electron chi connectivity index (χ0n) is 11.2. The Morgan fingerprint density at radius 2 is 1.94 bits per heavy atom. The number of hydrogen-bond acceptors (Lipinski definition) is 1. The Labute approximate surface area is 110 Å². The lowest BCUT2D eigenvalue weighted by Gasteiger charge is -2.10. The van der Waals surface area contributed by atoms with Crippen molar-refractivity contribution in [1.82, 2.24) is 0 Å². The Bertz CT molecular complexity index is 457. The van der Waals surface area contributed by atoms with Gasteiger partial charge in [0.1, 0.15) is 5.75 Å². The number of benzene rings is 1. The highest BCUT2D eigenvalue weighted by Crippen LogP contribution is 2.49. The Hall–Kier alpha value is -1.24. The molecule has 0 N–H and O–H groups in total. The molecule has 2 aliphatic carbocycles. The van der Waals surface area contributed by atoms with E-state index in [0.717, 1.165) is 24.7 Å². The first-order valence-electron chi connectivity index (χ1n) is 7.23. The summed E-state index contributed by atoms with van der Waals surface area (Å²) >= 11 is 0. The van der Waals surface area contributed by atoms with Crippen LogP contribution >= 0.6 is 0 Å². The zero-order valence-corrected chi connectivity index (χ0v) is 11.2. The van der Waals surface area contributed by atoms with E-state index in [-0.39, 0.29) is 0 Å². The lowest BCUT2D eigenvalue weighted by Crippen LogP contribution is -1.98. The molecule has 0 saturated heterocycles. The molecule has 0 bridgehead atoms. The average Bonchev–Trinajstić information content (AvgIpc) is 3.23. The van der Waals surface area contributed by atoms with E-state index in [1.807, 2.05) is 0 Å². The average molecular weight is 242 g/mol. The number of rotatable bonds is 6. The molecule has 1 atom stereocenters. The van der Waals surface area contributed by atoms with Gasteiger partial charge in [0.2, 0.25) is 0 Å². The van der Waals surface area contributed by atoms with Crippen LogP contribution in [0.4, 0.5) is 0 Å². The fourth-order valence-electron chi connectivity index (χ4n) is 2.47. The molecule has 0 amide bonds. The summed E-state index contributed by atoms with van der Waals surface area (Å²) in [6.45, 7) is 7.12. The third kappa shape index (κ3) is 2.60. The van der Waals surface area contributed by atoms with Crippen LogP contribution in [-0.2, 0) is 0 Å². The molecule has 0 spiro atoms. The van der Waals surface area contributed by atoms with Crippen LogP contribution in [0.25, 0.3) is 0 Å². The molecule has 0 radical (unpaired) electrons. The molecule has 2 aliphatic rings. The summed E-state index contributed by atoms with van der Waals surface area (Å²) in [5, 5.41) is 0. The lowest BCUT2D eigenvalue weighted by atomic mass is 10.0. The molecule has 2 saturated carbocycles. The van der Waals surface area contributed by atoms with E-state index < -0.39 is 0 Å². The fourth-order valence-corrected chi connectivity index (χ4v) is 2.47. The third-order valence-corrected chi connectivity index (χ3v) is 3.97. The van der Waals surface area contributed by atoms with Crippen LogP contribution < -0.4 is 4.74 Å². The van der Waals surface area contributed by atoms with Gasteiger partial charge < -0.3 is 4.74 Å². The minimum Gasteiger partial charge on any atom is -0.494 e. The zero-order chi connectivity index (χ0) is 12.5. The maximum Gasteiger partial charge on any atom is 0.119 e. The highest BCUT2D eigenvalue weighted by Gasteiger charge is 2.31. The fraction of sp³-hybridized carbons (Fsp3) is 0.529. The van der Waals surface area contributed by atoms with E-state index >= 15 is 0 Å². The summed E-state index contributed by atoms with van der Waals surface area (Å²) in [5.41, 5.74) is 4.29. The van der Waals surface area contributed by atoms with Gasteiger partial charge in [0, 0.05) is 5.92 Å². The summed E-state index contributed by atoms with van der Waals surface area (Å²) in [4.78, 5) is 0. The molecule has 0 heterocycles. The molecule has 96 valence electrons. The van der Waals surface area contributed by atoms with Crippen LogP contribution in [0.1, 0.15) is 62.0 Å². The predicted molar refractivity (Wildman–Crippen MR) is 75.3 cm³/mol. The van der Waals surface area contributed by atoms with Gasteiger partial charge in [0.15, 0.2) is 0 Å². The predicted octanol–water partition coefficient (Wildman–Crippen LogP) is 4.79. The SMILES string of the molecule is C=C1CC1c1cc(OCCCC)cc(C2CC2)c1. The van der Waals surface area contributed by atoms with E-state index in [1.54, 1.807) is 0 Å². The molecule has 18 heavy (non-hydrogen) atoms. The standard InChI is InChI=1S/C17H22O/c1-3-4-7-18-16-10-14(13-5-6-13)9-15(11-16)17-8-12(17)2/h9-11,13,17H,2-8H2,1H3. The van der Waals surface area contributed by atoms with E-state index in [9.17, 15) is 0 Å². The summed E-state index contributed by atoms with van der Waals surface area (Å²) in [7, 11) is 0. The summed E-state index contributed by atoms with van der Waals surface area (Å²) < 4.78 is 5.89. The van der Waals surface area contributed by atoms with Crippen LogP contribution in [0.5, 0.6) is 5.75 Å². The van der Waals surface area contributed by atoms with Crippen LogP contribution in [0, 0.1) is 0 Å². The highest BCUT2D eigenvalue weighted by molar-refractivity contribution is 5.46. The number of unbranched alkanes of at least 4 members (excludes halogenated alkanes) is 1. The minimum absolute atomic E-state index is 0.609. The Morgan fingerprint density at radius 3 is 2.56 bits per heavy atom. The normalized spacial score (nSPS) is 22.1. The van der Waals surface area contributed by atoms with Crippen LogP contribution in [0.15, 0.2) is 30.4 Å². The van der Waals surface area contributed by atoms with Gasteiger partial charge in [-0.15, -0.1) is 0 Å². The van der Waals surface area contributed by atoms with Gasteiger partial charge >= 0.3 is 0 Å². The van der Waals surface area contributed by atoms with Gasteiger partial charge in [0.05, 0.1) is 6.61 Å². The van der Waals surface area contributed by atoms with E-state index in [1.165, 1.54) is 42.4 Å². The minimum atomic E-state index is 0.609. The van der Waals surface area contributed by atoms with Crippen LogP contribution in [0.3, 0.4) is 0 Å². The van der Waals surface area contributed by atoms with E-state index in [4.69, 9.17) is 4.74 Å². The topological polar surface area (TPSA) is 9.23 Å². The van der Waals surface area contributed by atoms with Crippen molar-refractivity contribution < 1.29 is 4.74 Å². The van der Waals surface area contributed by atoms with Crippen molar-refractivity contribution in [1.29, 1.82) is 0 Å². The van der Waals surface area contributed by atoms with Crippen molar-refractivity contribution in [3.63, 3.8) is 0 Å². The van der Waals surface area contributed by atoms with Crippen molar-refractivity contribution in [2.24, 2.45) is 0 Å². The number of allylic oxidation sites excluding steroid dienone is 1. The van der Waals surface area contributed by atoms with Crippen molar-refractivity contribution in [3.05, 3.63) is 41.5 Å². The third-order valence-electron chi connectivity index (χ3n) is 3.97. The highest BCUT2D eigenvalue weighted by atomic mass is 16.5. The second kappa shape index (κ2) is 4.79. The second-order valence-corrected chi connectivity index (χ2v) is 5.73. The van der Waals surface area contributed by atoms with Crippen LogP contribution in [-0.4, -0.2) is 6.61 Å². The molecule has 0 aliphatic heterocycles. The summed E-state index contributed by atoms with van der Waals surface area (Å²) in [5.74, 6) is 2.48. The summed E-state index contributed by atoms with van der Waals surface area (Å²) in [6, 6.07) is 6.86. The van der Waals surface area contributed by atoms with Crippen molar-refractivity contribution in [2.75, 3.05) is 6.61 Å². The van der Waals surface area contributed by atoms with Crippen molar-refractivity contribution in [3.8, 4) is 5.75 Å². The first-order valence-corrected chi connectivity index (χ1v) is 7.23. The molecule has 1 aromatic rings. The van der Waals surface area contributed by atoms with Gasteiger partial charge in [0.25, 0.3) is 0 Å². The quantitative estimate of drug-likeness (QED) is 0.515. The maximum atomic E-state index is 5.89. The van der Waals surface area contributed by atoms with Gasteiger partial charge in [-0.05, 0) is 54.9 Å². The molecule has 2 fully saturated rings. The van der Waals surface area contributed by atoms with Crippen LogP contribution in [0.2, 0.25) is 0 Å². The molecular weight excluding hydrogens is 220 g/mol. The molecule has 3 rings (SSSR count). The number of hydrogen-bond donors (Lipinski definition) is 0.